The van der Waals surface area contributed by atoms with E-state index < -0.39 is 0 Å². The molecular weight excluding hydrogens is 310 g/mol. The first-order valence-electron chi connectivity index (χ1n) is 6.39. The van der Waals surface area contributed by atoms with Crippen LogP contribution in [0, 0.1) is 10.8 Å². The zero-order valence-electron chi connectivity index (χ0n) is 11.6. The fourth-order valence-corrected chi connectivity index (χ4v) is 3.64. The largest absolute Gasteiger partial charge is 0.306 e. The maximum absolute atomic E-state index is 6.30. The highest BCUT2D eigenvalue weighted by molar-refractivity contribution is 9.10. The highest BCUT2D eigenvalue weighted by Crippen LogP contribution is 2.63. The monoisotopic (exact) mass is 329 g/mol. The molecule has 1 N–H and O–H groups in total. The number of hydrogen-bond donors (Lipinski definition) is 1. The first-order chi connectivity index (χ1) is 8.18. The first-order valence-corrected chi connectivity index (χ1v) is 7.56. The summed E-state index contributed by atoms with van der Waals surface area (Å²) in [6.07, 6.45) is 0. The van der Waals surface area contributed by atoms with E-state index in [2.05, 4.69) is 61.9 Å². The maximum Gasteiger partial charge on any atom is 0.0464 e. The molecule has 1 nitrogen and oxygen atoms in total. The van der Waals surface area contributed by atoms with Crippen molar-refractivity contribution in [2.45, 2.75) is 46.7 Å². The van der Waals surface area contributed by atoms with Crippen molar-refractivity contribution < 1.29 is 0 Å². The van der Waals surface area contributed by atoms with Gasteiger partial charge in [0.05, 0.1) is 0 Å². The molecule has 0 aromatic heterocycles. The molecule has 1 atom stereocenters. The van der Waals surface area contributed by atoms with Gasteiger partial charge in [0.1, 0.15) is 0 Å². The highest BCUT2D eigenvalue weighted by atomic mass is 79.9. The lowest BCUT2D eigenvalue weighted by atomic mass is 10.0. The summed E-state index contributed by atoms with van der Waals surface area (Å²) in [7, 11) is 0. The van der Waals surface area contributed by atoms with Gasteiger partial charge < -0.3 is 5.32 Å². The maximum atomic E-state index is 6.30. The van der Waals surface area contributed by atoms with Crippen molar-refractivity contribution in [2.75, 3.05) is 0 Å². The molecule has 0 aliphatic heterocycles. The molecule has 1 aliphatic rings. The van der Waals surface area contributed by atoms with Gasteiger partial charge in [0.15, 0.2) is 0 Å². The van der Waals surface area contributed by atoms with Gasteiger partial charge in [0, 0.05) is 21.6 Å². The minimum Gasteiger partial charge on any atom is -0.306 e. The lowest BCUT2D eigenvalue weighted by Gasteiger charge is -2.17. The van der Waals surface area contributed by atoms with Gasteiger partial charge in [-0.1, -0.05) is 61.3 Å². The van der Waals surface area contributed by atoms with Crippen LogP contribution in [0.2, 0.25) is 5.02 Å². The van der Waals surface area contributed by atoms with E-state index >= 15 is 0 Å². The van der Waals surface area contributed by atoms with Gasteiger partial charge in [-0.2, -0.15) is 0 Å². The second kappa shape index (κ2) is 4.50. The lowest BCUT2D eigenvalue weighted by molar-refractivity contribution is 0.457. The van der Waals surface area contributed by atoms with E-state index in [0.717, 1.165) is 9.50 Å². The van der Waals surface area contributed by atoms with Gasteiger partial charge in [0.2, 0.25) is 0 Å². The van der Waals surface area contributed by atoms with Crippen molar-refractivity contribution in [3.8, 4) is 0 Å². The molecule has 1 aliphatic carbocycles. The minimum absolute atomic E-state index is 0.275. The third-order valence-electron chi connectivity index (χ3n) is 4.87. The van der Waals surface area contributed by atoms with E-state index in [4.69, 9.17) is 11.6 Å². The molecule has 0 bridgehead atoms. The average molecular weight is 331 g/mol. The summed E-state index contributed by atoms with van der Waals surface area (Å²) in [6.45, 7) is 11.5. The van der Waals surface area contributed by atoms with Gasteiger partial charge in [-0.15, -0.1) is 0 Å². The molecule has 0 amide bonds. The van der Waals surface area contributed by atoms with Crippen LogP contribution in [0.1, 0.15) is 46.2 Å². The second-order valence-corrected chi connectivity index (χ2v) is 7.75. The Hall–Kier alpha value is -0.0500. The molecule has 1 fully saturated rings. The van der Waals surface area contributed by atoms with Gasteiger partial charge in [-0.05, 0) is 35.4 Å². The van der Waals surface area contributed by atoms with Crippen molar-refractivity contribution in [1.82, 2.24) is 5.32 Å². The van der Waals surface area contributed by atoms with Crippen LogP contribution < -0.4 is 5.32 Å². The number of rotatable bonds is 3. The Morgan fingerprint density at radius 1 is 1.22 bits per heavy atom. The van der Waals surface area contributed by atoms with Crippen molar-refractivity contribution in [1.29, 1.82) is 0 Å². The van der Waals surface area contributed by atoms with Crippen LogP contribution in [0.3, 0.4) is 0 Å². The Kier molecular flexibility index (Phi) is 3.59. The fraction of sp³-hybridized carbons (Fsp3) is 0.600. The summed E-state index contributed by atoms with van der Waals surface area (Å²) < 4.78 is 1.02. The van der Waals surface area contributed by atoms with Crippen LogP contribution in [-0.2, 0) is 0 Å². The Morgan fingerprint density at radius 2 is 1.78 bits per heavy atom. The van der Waals surface area contributed by atoms with Crippen molar-refractivity contribution in [3.05, 3.63) is 33.3 Å². The molecule has 0 radical (unpaired) electrons. The van der Waals surface area contributed by atoms with Crippen LogP contribution in [0.15, 0.2) is 22.7 Å². The molecular formula is C15H21BrClN. The standard InChI is InChI=1S/C15H21BrClN/c1-9(11-7-6-10(16)8-12(11)17)18-13-14(2,3)15(13,4)5/h6-9,13,18H,1-5H3. The van der Waals surface area contributed by atoms with Crippen LogP contribution in [0.5, 0.6) is 0 Å². The Morgan fingerprint density at radius 3 is 2.22 bits per heavy atom. The van der Waals surface area contributed by atoms with Gasteiger partial charge in [-0.3, -0.25) is 0 Å². The Labute approximate surface area is 123 Å². The average Bonchev–Trinajstić information content (AvgIpc) is 2.60. The highest BCUT2D eigenvalue weighted by Gasteiger charge is 2.64. The fourth-order valence-electron chi connectivity index (χ4n) is 2.81. The summed E-state index contributed by atoms with van der Waals surface area (Å²) in [5, 5.41) is 4.53. The number of benzene rings is 1. The quantitative estimate of drug-likeness (QED) is 0.804. The van der Waals surface area contributed by atoms with E-state index in [1.807, 2.05) is 12.1 Å². The molecule has 0 spiro atoms. The zero-order valence-corrected chi connectivity index (χ0v) is 14.0. The van der Waals surface area contributed by atoms with E-state index in [9.17, 15) is 0 Å². The summed E-state index contributed by atoms with van der Waals surface area (Å²) in [6, 6.07) is 6.91. The lowest BCUT2D eigenvalue weighted by Crippen LogP contribution is -2.26. The third-order valence-corrected chi connectivity index (χ3v) is 5.69. The normalized spacial score (nSPS) is 22.8. The van der Waals surface area contributed by atoms with Crippen molar-refractivity contribution in [3.63, 3.8) is 0 Å². The molecule has 18 heavy (non-hydrogen) atoms. The summed E-state index contributed by atoms with van der Waals surface area (Å²) >= 11 is 9.74. The van der Waals surface area contributed by atoms with E-state index in [-0.39, 0.29) is 6.04 Å². The Balaban J connectivity index is 2.12. The molecule has 1 saturated carbocycles. The molecule has 3 heteroatoms. The van der Waals surface area contributed by atoms with Crippen molar-refractivity contribution >= 4 is 27.5 Å². The predicted molar refractivity (Wildman–Crippen MR) is 82.1 cm³/mol. The van der Waals surface area contributed by atoms with E-state index in [1.165, 1.54) is 5.56 Å². The van der Waals surface area contributed by atoms with E-state index in [1.54, 1.807) is 0 Å². The molecule has 1 aromatic carbocycles. The van der Waals surface area contributed by atoms with E-state index in [0.29, 0.717) is 16.9 Å². The summed E-state index contributed by atoms with van der Waals surface area (Å²) in [4.78, 5) is 0. The van der Waals surface area contributed by atoms with Gasteiger partial charge in [-0.25, -0.2) is 0 Å². The molecule has 0 heterocycles. The van der Waals surface area contributed by atoms with Gasteiger partial charge in [0.25, 0.3) is 0 Å². The van der Waals surface area contributed by atoms with Crippen LogP contribution in [-0.4, -0.2) is 6.04 Å². The molecule has 100 valence electrons. The van der Waals surface area contributed by atoms with Crippen LogP contribution in [0.4, 0.5) is 0 Å². The molecule has 1 unspecified atom stereocenters. The number of halogens is 2. The number of nitrogens with one attached hydrogen (secondary N) is 1. The molecule has 2 rings (SSSR count). The molecule has 1 aromatic rings. The SMILES string of the molecule is CC(NC1C(C)(C)C1(C)C)c1ccc(Br)cc1Cl. The first kappa shape index (κ1) is 14.4. The smallest absolute Gasteiger partial charge is 0.0464 e. The Bertz CT molecular complexity index is 454. The number of hydrogen-bond acceptors (Lipinski definition) is 1. The topological polar surface area (TPSA) is 12.0 Å². The van der Waals surface area contributed by atoms with Gasteiger partial charge >= 0.3 is 0 Å². The van der Waals surface area contributed by atoms with Crippen molar-refractivity contribution in [2.24, 2.45) is 10.8 Å². The zero-order chi connectivity index (χ0) is 13.7. The van der Waals surface area contributed by atoms with Crippen LogP contribution in [0.25, 0.3) is 0 Å². The minimum atomic E-state index is 0.275. The summed E-state index contributed by atoms with van der Waals surface area (Å²) in [5.74, 6) is 0. The third kappa shape index (κ3) is 2.23. The summed E-state index contributed by atoms with van der Waals surface area (Å²) in [5.41, 5.74) is 1.87. The predicted octanol–water partition coefficient (Wildman–Crippen LogP) is 5.19. The molecule has 0 saturated heterocycles. The van der Waals surface area contributed by atoms with Crippen LogP contribution >= 0.6 is 27.5 Å². The second-order valence-electron chi connectivity index (χ2n) is 6.43.